The summed E-state index contributed by atoms with van der Waals surface area (Å²) < 4.78 is 0. The summed E-state index contributed by atoms with van der Waals surface area (Å²) >= 11 is 0. The van der Waals surface area contributed by atoms with E-state index >= 15 is 0 Å². The summed E-state index contributed by atoms with van der Waals surface area (Å²) in [7, 11) is 0. The SMILES string of the molecule is Cc1ccc(O)c(CN2CC(C)CC2C)c1. The minimum Gasteiger partial charge on any atom is -0.508 e. The van der Waals surface area contributed by atoms with Gasteiger partial charge in [-0.25, -0.2) is 0 Å². The highest BCUT2D eigenvalue weighted by molar-refractivity contribution is 5.35. The highest BCUT2D eigenvalue weighted by Crippen LogP contribution is 2.27. The standard InChI is InChI=1S/C14H21NO/c1-10-4-5-14(16)13(7-10)9-15-8-11(2)6-12(15)3/h4-5,7,11-12,16H,6,8-9H2,1-3H3. The van der Waals surface area contributed by atoms with E-state index in [1.165, 1.54) is 12.0 Å². The predicted molar refractivity (Wildman–Crippen MR) is 66.5 cm³/mol. The molecule has 1 heterocycles. The van der Waals surface area contributed by atoms with Gasteiger partial charge in [-0.05, 0) is 32.3 Å². The first-order valence-corrected chi connectivity index (χ1v) is 6.09. The van der Waals surface area contributed by atoms with Gasteiger partial charge in [0.25, 0.3) is 0 Å². The molecule has 2 rings (SSSR count). The van der Waals surface area contributed by atoms with Crippen molar-refractivity contribution in [3.63, 3.8) is 0 Å². The highest BCUT2D eigenvalue weighted by atomic mass is 16.3. The Labute approximate surface area is 97.9 Å². The van der Waals surface area contributed by atoms with E-state index in [9.17, 15) is 5.11 Å². The van der Waals surface area contributed by atoms with Crippen LogP contribution in [0.25, 0.3) is 0 Å². The lowest BCUT2D eigenvalue weighted by molar-refractivity contribution is 0.253. The lowest BCUT2D eigenvalue weighted by atomic mass is 10.1. The van der Waals surface area contributed by atoms with Gasteiger partial charge in [0.15, 0.2) is 0 Å². The number of phenols is 1. The molecule has 1 aromatic rings. The first-order valence-electron chi connectivity index (χ1n) is 6.09. The molecule has 0 radical (unpaired) electrons. The summed E-state index contributed by atoms with van der Waals surface area (Å²) in [6.07, 6.45) is 1.27. The number of nitrogens with zero attached hydrogens (tertiary/aromatic N) is 1. The third-order valence-corrected chi connectivity index (χ3v) is 3.52. The number of phenolic OH excluding ortho intramolecular Hbond substituents is 1. The van der Waals surface area contributed by atoms with Crippen molar-refractivity contribution in [3.05, 3.63) is 29.3 Å². The van der Waals surface area contributed by atoms with Gasteiger partial charge >= 0.3 is 0 Å². The van der Waals surface area contributed by atoms with E-state index < -0.39 is 0 Å². The Kier molecular flexibility index (Phi) is 3.20. The van der Waals surface area contributed by atoms with Gasteiger partial charge in [-0.15, -0.1) is 0 Å². The molecular weight excluding hydrogens is 198 g/mol. The maximum atomic E-state index is 9.82. The molecule has 1 aromatic carbocycles. The van der Waals surface area contributed by atoms with E-state index in [1.54, 1.807) is 6.07 Å². The van der Waals surface area contributed by atoms with Crippen molar-refractivity contribution in [3.8, 4) is 5.75 Å². The molecule has 2 heteroatoms. The summed E-state index contributed by atoms with van der Waals surface area (Å²) in [5.74, 6) is 1.21. The maximum absolute atomic E-state index is 9.82. The Bertz CT molecular complexity index is 375. The van der Waals surface area contributed by atoms with Crippen LogP contribution < -0.4 is 0 Å². The van der Waals surface area contributed by atoms with Gasteiger partial charge in [0.05, 0.1) is 0 Å². The van der Waals surface area contributed by atoms with Crippen LogP contribution in [0.4, 0.5) is 0 Å². The van der Waals surface area contributed by atoms with Crippen LogP contribution in [0.3, 0.4) is 0 Å². The van der Waals surface area contributed by atoms with E-state index in [1.807, 2.05) is 6.07 Å². The molecule has 1 aliphatic rings. The van der Waals surface area contributed by atoms with Crippen LogP contribution in [-0.4, -0.2) is 22.6 Å². The van der Waals surface area contributed by atoms with Gasteiger partial charge in [-0.2, -0.15) is 0 Å². The molecule has 1 N–H and O–H groups in total. The Hall–Kier alpha value is -1.02. The van der Waals surface area contributed by atoms with E-state index in [2.05, 4.69) is 31.7 Å². The van der Waals surface area contributed by atoms with Gasteiger partial charge in [0, 0.05) is 24.7 Å². The molecule has 1 saturated heterocycles. The average Bonchev–Trinajstić information content (AvgIpc) is 2.51. The van der Waals surface area contributed by atoms with E-state index in [4.69, 9.17) is 0 Å². The summed E-state index contributed by atoms with van der Waals surface area (Å²) in [6, 6.07) is 6.48. The van der Waals surface area contributed by atoms with Crippen LogP contribution >= 0.6 is 0 Å². The number of rotatable bonds is 2. The zero-order valence-electron chi connectivity index (χ0n) is 10.4. The van der Waals surface area contributed by atoms with Crippen molar-refractivity contribution in [1.29, 1.82) is 0 Å². The first-order chi connectivity index (χ1) is 7.56. The quantitative estimate of drug-likeness (QED) is 0.826. The van der Waals surface area contributed by atoms with Crippen molar-refractivity contribution in [1.82, 2.24) is 4.90 Å². The van der Waals surface area contributed by atoms with E-state index in [-0.39, 0.29) is 0 Å². The summed E-state index contributed by atoms with van der Waals surface area (Å²) in [6.45, 7) is 8.66. The monoisotopic (exact) mass is 219 g/mol. The largest absolute Gasteiger partial charge is 0.508 e. The van der Waals surface area contributed by atoms with Crippen LogP contribution in [-0.2, 0) is 6.54 Å². The van der Waals surface area contributed by atoms with Crippen LogP contribution in [0.1, 0.15) is 31.4 Å². The smallest absolute Gasteiger partial charge is 0.120 e. The minimum atomic E-state index is 0.428. The van der Waals surface area contributed by atoms with E-state index in [0.29, 0.717) is 11.8 Å². The molecule has 2 nitrogen and oxygen atoms in total. The van der Waals surface area contributed by atoms with Crippen LogP contribution in [0.5, 0.6) is 5.75 Å². The van der Waals surface area contributed by atoms with Gasteiger partial charge in [-0.3, -0.25) is 4.90 Å². The number of likely N-dealkylation sites (tertiary alicyclic amines) is 1. The summed E-state index contributed by atoms with van der Waals surface area (Å²) in [4.78, 5) is 2.46. The van der Waals surface area contributed by atoms with Crippen LogP contribution in [0, 0.1) is 12.8 Å². The van der Waals surface area contributed by atoms with Crippen molar-refractivity contribution in [2.24, 2.45) is 5.92 Å². The van der Waals surface area contributed by atoms with Crippen molar-refractivity contribution in [2.45, 2.75) is 39.8 Å². The molecule has 16 heavy (non-hydrogen) atoms. The van der Waals surface area contributed by atoms with E-state index in [0.717, 1.165) is 24.6 Å². The van der Waals surface area contributed by atoms with Gasteiger partial charge in [0.2, 0.25) is 0 Å². The molecule has 2 atom stereocenters. The van der Waals surface area contributed by atoms with Crippen LogP contribution in [0.2, 0.25) is 0 Å². The third kappa shape index (κ3) is 2.38. The van der Waals surface area contributed by atoms with Crippen LogP contribution in [0.15, 0.2) is 18.2 Å². The number of aryl methyl sites for hydroxylation is 1. The zero-order valence-corrected chi connectivity index (χ0v) is 10.4. The molecule has 88 valence electrons. The van der Waals surface area contributed by atoms with Gasteiger partial charge < -0.3 is 5.11 Å². The average molecular weight is 219 g/mol. The predicted octanol–water partition coefficient (Wildman–Crippen LogP) is 2.93. The fraction of sp³-hybridized carbons (Fsp3) is 0.571. The minimum absolute atomic E-state index is 0.428. The molecule has 2 unspecified atom stereocenters. The molecule has 1 aliphatic heterocycles. The molecule has 0 bridgehead atoms. The number of hydrogen-bond donors (Lipinski definition) is 1. The summed E-state index contributed by atoms with van der Waals surface area (Å²) in [5, 5.41) is 9.82. The lowest BCUT2D eigenvalue weighted by Gasteiger charge is -2.21. The Balaban J connectivity index is 2.11. The first kappa shape index (κ1) is 11.5. The molecule has 0 amide bonds. The molecule has 1 fully saturated rings. The van der Waals surface area contributed by atoms with Crippen molar-refractivity contribution in [2.75, 3.05) is 6.54 Å². The second kappa shape index (κ2) is 4.46. The number of aromatic hydroxyl groups is 1. The highest BCUT2D eigenvalue weighted by Gasteiger charge is 2.26. The zero-order chi connectivity index (χ0) is 11.7. The Morgan fingerprint density at radius 3 is 2.75 bits per heavy atom. The molecule has 0 aromatic heterocycles. The number of benzene rings is 1. The fourth-order valence-electron chi connectivity index (χ4n) is 2.67. The summed E-state index contributed by atoms with van der Waals surface area (Å²) in [5.41, 5.74) is 2.27. The molecular formula is C14H21NO. The van der Waals surface area contributed by atoms with Gasteiger partial charge in [0.1, 0.15) is 5.75 Å². The topological polar surface area (TPSA) is 23.5 Å². The normalized spacial score (nSPS) is 26.2. The fourth-order valence-corrected chi connectivity index (χ4v) is 2.67. The third-order valence-electron chi connectivity index (χ3n) is 3.52. The Morgan fingerprint density at radius 2 is 2.12 bits per heavy atom. The second-order valence-electron chi connectivity index (χ2n) is 5.25. The lowest BCUT2D eigenvalue weighted by Crippen LogP contribution is -2.26. The molecule has 0 saturated carbocycles. The van der Waals surface area contributed by atoms with Crippen molar-refractivity contribution < 1.29 is 5.11 Å². The second-order valence-corrected chi connectivity index (χ2v) is 5.25. The van der Waals surface area contributed by atoms with Crippen molar-refractivity contribution >= 4 is 0 Å². The molecule has 0 aliphatic carbocycles. The van der Waals surface area contributed by atoms with Gasteiger partial charge in [-0.1, -0.05) is 24.6 Å². The Morgan fingerprint density at radius 1 is 1.38 bits per heavy atom. The molecule has 0 spiro atoms. The maximum Gasteiger partial charge on any atom is 0.120 e. The number of hydrogen-bond acceptors (Lipinski definition) is 2.